The van der Waals surface area contributed by atoms with Crippen LogP contribution < -0.4 is 4.74 Å². The number of aryl methyl sites for hydroxylation is 2. The van der Waals surface area contributed by atoms with Crippen LogP contribution in [0, 0.1) is 19.8 Å². The molecular weight excluding hydrogens is 298 g/mol. The van der Waals surface area contributed by atoms with Gasteiger partial charge < -0.3 is 14.7 Å². The summed E-state index contributed by atoms with van der Waals surface area (Å²) in [5.41, 5.74) is 1.60. The Bertz CT molecular complexity index is 544. The van der Waals surface area contributed by atoms with Crippen LogP contribution in [0.1, 0.15) is 17.8 Å². The summed E-state index contributed by atoms with van der Waals surface area (Å²) in [5.74, 6) is -0.868. The van der Waals surface area contributed by atoms with Gasteiger partial charge in [0.1, 0.15) is 5.69 Å². The highest BCUT2D eigenvalue weighted by molar-refractivity contribution is 5.85. The van der Waals surface area contributed by atoms with Gasteiger partial charge in [0.15, 0.2) is 12.4 Å². The van der Waals surface area contributed by atoms with Crippen molar-refractivity contribution in [3.05, 3.63) is 11.4 Å². The van der Waals surface area contributed by atoms with Crippen LogP contribution in [-0.2, 0) is 16.6 Å². The Morgan fingerprint density at radius 3 is 2.57 bits per heavy atom. The zero-order valence-electron chi connectivity index (χ0n) is 12.3. The molecule has 0 aliphatic carbocycles. The van der Waals surface area contributed by atoms with Gasteiger partial charge in [0.2, 0.25) is 0 Å². The fourth-order valence-electron chi connectivity index (χ4n) is 2.38. The summed E-state index contributed by atoms with van der Waals surface area (Å²) >= 11 is 0. The van der Waals surface area contributed by atoms with Gasteiger partial charge in [-0.15, -0.1) is 12.4 Å². The molecule has 118 valence electrons. The molecule has 0 radical (unpaired) electrons. The topological polar surface area (TPSA) is 84.7 Å². The third-order valence-electron chi connectivity index (χ3n) is 3.67. The van der Waals surface area contributed by atoms with Crippen LogP contribution in [0.5, 0.6) is 5.75 Å². The molecule has 1 aliphatic heterocycles. The number of carbonyl (C=O) groups excluding carboxylic acids is 1. The Morgan fingerprint density at radius 1 is 1.43 bits per heavy atom. The summed E-state index contributed by atoms with van der Waals surface area (Å²) < 4.78 is 7.24. The molecule has 21 heavy (non-hydrogen) atoms. The normalized spacial score (nSPS) is 17.5. The van der Waals surface area contributed by atoms with E-state index in [0.29, 0.717) is 18.7 Å². The number of hydrogen-bond acceptors (Lipinski definition) is 4. The van der Waals surface area contributed by atoms with Crippen molar-refractivity contribution in [2.45, 2.75) is 20.3 Å². The first-order valence-corrected chi connectivity index (χ1v) is 6.53. The van der Waals surface area contributed by atoms with Crippen LogP contribution in [0.3, 0.4) is 0 Å². The molecule has 2 heterocycles. The van der Waals surface area contributed by atoms with Crippen LogP contribution in [0.25, 0.3) is 0 Å². The quantitative estimate of drug-likeness (QED) is 0.886. The van der Waals surface area contributed by atoms with Gasteiger partial charge in [-0.3, -0.25) is 14.3 Å². The van der Waals surface area contributed by atoms with Gasteiger partial charge in [-0.25, -0.2) is 0 Å². The van der Waals surface area contributed by atoms with Crippen molar-refractivity contribution >= 4 is 24.3 Å². The third kappa shape index (κ3) is 3.66. The lowest BCUT2D eigenvalue weighted by atomic mass is 10.1. The molecule has 1 unspecified atom stereocenters. The average Bonchev–Trinajstić information content (AvgIpc) is 2.95. The van der Waals surface area contributed by atoms with Crippen LogP contribution in [0.2, 0.25) is 0 Å². The zero-order valence-corrected chi connectivity index (χ0v) is 13.1. The van der Waals surface area contributed by atoms with E-state index in [1.54, 1.807) is 9.58 Å². The lowest BCUT2D eigenvalue weighted by Crippen LogP contribution is -2.33. The minimum atomic E-state index is -0.847. The van der Waals surface area contributed by atoms with Crippen LogP contribution >= 0.6 is 12.4 Å². The van der Waals surface area contributed by atoms with Crippen molar-refractivity contribution in [1.29, 1.82) is 0 Å². The van der Waals surface area contributed by atoms with E-state index in [1.807, 2.05) is 20.9 Å². The van der Waals surface area contributed by atoms with E-state index in [2.05, 4.69) is 5.10 Å². The van der Waals surface area contributed by atoms with Crippen molar-refractivity contribution in [3.63, 3.8) is 0 Å². The van der Waals surface area contributed by atoms with Crippen molar-refractivity contribution < 1.29 is 19.4 Å². The number of carboxylic acids is 1. The molecule has 0 spiro atoms. The second-order valence-corrected chi connectivity index (χ2v) is 5.08. The summed E-state index contributed by atoms with van der Waals surface area (Å²) in [6, 6.07) is 0. The molecule has 1 atom stereocenters. The van der Waals surface area contributed by atoms with E-state index in [4.69, 9.17) is 9.84 Å². The van der Waals surface area contributed by atoms with Gasteiger partial charge in [0.25, 0.3) is 5.91 Å². The molecule has 0 bridgehead atoms. The Balaban J connectivity index is 0.00000220. The number of ether oxygens (including phenoxy) is 1. The highest BCUT2D eigenvalue weighted by Crippen LogP contribution is 2.22. The fraction of sp³-hybridized carbons (Fsp3) is 0.615. The molecule has 1 saturated heterocycles. The summed E-state index contributed by atoms with van der Waals surface area (Å²) in [6.07, 6.45) is 0.506. The number of aliphatic carboxylic acids is 1. The summed E-state index contributed by atoms with van der Waals surface area (Å²) in [6.45, 7) is 4.35. The number of amides is 1. The first kappa shape index (κ1) is 17.3. The maximum atomic E-state index is 12.0. The molecular formula is C13H20ClN3O4. The molecule has 0 saturated carbocycles. The highest BCUT2D eigenvalue weighted by Gasteiger charge is 2.31. The predicted molar refractivity (Wildman–Crippen MR) is 77.7 cm³/mol. The predicted octanol–water partition coefficient (Wildman–Crippen LogP) is 0.771. The third-order valence-corrected chi connectivity index (χ3v) is 3.67. The maximum Gasteiger partial charge on any atom is 0.308 e. The number of aromatic nitrogens is 2. The number of likely N-dealkylation sites (tertiary alicyclic amines) is 1. The largest absolute Gasteiger partial charge is 0.481 e. The van der Waals surface area contributed by atoms with E-state index in [1.165, 1.54) is 0 Å². The number of hydrogen-bond donors (Lipinski definition) is 1. The first-order chi connectivity index (χ1) is 9.40. The summed E-state index contributed by atoms with van der Waals surface area (Å²) in [7, 11) is 1.81. The van der Waals surface area contributed by atoms with E-state index in [9.17, 15) is 9.59 Å². The number of rotatable bonds is 4. The Kier molecular flexibility index (Phi) is 5.60. The molecule has 8 heteroatoms. The summed E-state index contributed by atoms with van der Waals surface area (Å²) in [4.78, 5) is 24.4. The second kappa shape index (κ2) is 6.80. The number of halogens is 1. The van der Waals surface area contributed by atoms with Crippen molar-refractivity contribution in [1.82, 2.24) is 14.7 Å². The van der Waals surface area contributed by atoms with E-state index >= 15 is 0 Å². The minimum absolute atomic E-state index is 0. The van der Waals surface area contributed by atoms with Gasteiger partial charge >= 0.3 is 5.97 Å². The molecule has 1 fully saturated rings. The molecule has 2 rings (SSSR count). The average molecular weight is 318 g/mol. The first-order valence-electron chi connectivity index (χ1n) is 6.53. The fourth-order valence-corrected chi connectivity index (χ4v) is 2.38. The van der Waals surface area contributed by atoms with E-state index < -0.39 is 11.9 Å². The Morgan fingerprint density at radius 2 is 2.10 bits per heavy atom. The number of carbonyl (C=O) groups is 2. The smallest absolute Gasteiger partial charge is 0.308 e. The Labute approximate surface area is 129 Å². The number of carboxylic acid groups (broad SMARTS) is 1. The van der Waals surface area contributed by atoms with Gasteiger partial charge in [-0.2, -0.15) is 5.10 Å². The van der Waals surface area contributed by atoms with E-state index in [-0.39, 0.29) is 31.5 Å². The standard InChI is InChI=1S/C13H19N3O4.ClH/c1-8-12(9(2)15(3)14-8)20-7-11(17)16-5-4-10(6-16)13(18)19;/h10H,4-7H2,1-3H3,(H,18,19);1H. The molecule has 1 amide bonds. The second-order valence-electron chi connectivity index (χ2n) is 5.08. The zero-order chi connectivity index (χ0) is 14.9. The number of nitrogens with zero attached hydrogens (tertiary/aromatic N) is 3. The SMILES string of the molecule is Cc1nn(C)c(C)c1OCC(=O)N1CCC(C(=O)O)C1.Cl. The van der Waals surface area contributed by atoms with Crippen molar-refractivity contribution in [2.24, 2.45) is 13.0 Å². The summed E-state index contributed by atoms with van der Waals surface area (Å²) in [5, 5.41) is 13.1. The molecule has 0 aromatic carbocycles. The Hall–Kier alpha value is -1.76. The van der Waals surface area contributed by atoms with Crippen molar-refractivity contribution in [2.75, 3.05) is 19.7 Å². The van der Waals surface area contributed by atoms with Crippen molar-refractivity contribution in [3.8, 4) is 5.75 Å². The molecule has 7 nitrogen and oxygen atoms in total. The van der Waals surface area contributed by atoms with Crippen LogP contribution in [-0.4, -0.2) is 51.4 Å². The molecule has 1 N–H and O–H groups in total. The highest BCUT2D eigenvalue weighted by atomic mass is 35.5. The molecule has 1 aromatic heterocycles. The van der Waals surface area contributed by atoms with Crippen LogP contribution in [0.15, 0.2) is 0 Å². The van der Waals surface area contributed by atoms with Gasteiger partial charge in [-0.1, -0.05) is 0 Å². The molecule has 1 aromatic rings. The lowest BCUT2D eigenvalue weighted by molar-refractivity contribution is -0.141. The monoisotopic (exact) mass is 317 g/mol. The minimum Gasteiger partial charge on any atom is -0.481 e. The van der Waals surface area contributed by atoms with Gasteiger partial charge in [0, 0.05) is 20.1 Å². The van der Waals surface area contributed by atoms with Crippen LogP contribution in [0.4, 0.5) is 0 Å². The molecule has 1 aliphatic rings. The van der Waals surface area contributed by atoms with Gasteiger partial charge in [-0.05, 0) is 20.3 Å². The van der Waals surface area contributed by atoms with Gasteiger partial charge in [0.05, 0.1) is 11.6 Å². The lowest BCUT2D eigenvalue weighted by Gasteiger charge is -2.16. The maximum absolute atomic E-state index is 12.0. The van der Waals surface area contributed by atoms with E-state index in [0.717, 1.165) is 11.4 Å².